The molecular weight excluding hydrogens is 148 g/mol. The van der Waals surface area contributed by atoms with E-state index in [0.29, 0.717) is 11.3 Å². The van der Waals surface area contributed by atoms with Crippen molar-refractivity contribution < 1.29 is 5.11 Å². The van der Waals surface area contributed by atoms with Gasteiger partial charge in [0.15, 0.2) is 0 Å². The molecule has 0 heterocycles. The van der Waals surface area contributed by atoms with E-state index >= 15 is 0 Å². The largest absolute Gasteiger partial charge is 0.393 e. The van der Waals surface area contributed by atoms with E-state index in [2.05, 4.69) is 13.8 Å². The Kier molecular flexibility index (Phi) is 1.95. The lowest BCUT2D eigenvalue weighted by atomic mass is 9.80. The van der Waals surface area contributed by atoms with Gasteiger partial charge < -0.3 is 5.11 Å². The molecule has 0 spiro atoms. The van der Waals surface area contributed by atoms with E-state index in [1.165, 1.54) is 25.7 Å². The zero-order valence-corrected chi connectivity index (χ0v) is 8.21. The number of hydrogen-bond donors (Lipinski definition) is 1. The van der Waals surface area contributed by atoms with E-state index in [9.17, 15) is 5.11 Å². The fourth-order valence-electron chi connectivity index (χ4n) is 2.40. The maximum absolute atomic E-state index is 9.86. The molecule has 0 radical (unpaired) electrons. The van der Waals surface area contributed by atoms with Crippen LogP contribution in [0.3, 0.4) is 0 Å². The molecule has 12 heavy (non-hydrogen) atoms. The number of rotatable bonds is 3. The van der Waals surface area contributed by atoms with Crippen LogP contribution in [0.25, 0.3) is 0 Å². The molecule has 2 aliphatic carbocycles. The van der Waals surface area contributed by atoms with Crippen molar-refractivity contribution in [2.75, 3.05) is 0 Å². The third-order valence-electron chi connectivity index (χ3n) is 3.85. The van der Waals surface area contributed by atoms with Crippen LogP contribution in [0, 0.1) is 17.3 Å². The minimum Gasteiger partial charge on any atom is -0.393 e. The van der Waals surface area contributed by atoms with E-state index in [4.69, 9.17) is 0 Å². The lowest BCUT2D eigenvalue weighted by Crippen LogP contribution is -2.22. The van der Waals surface area contributed by atoms with Gasteiger partial charge in [-0.1, -0.05) is 33.1 Å². The molecular formula is C11H20O. The summed E-state index contributed by atoms with van der Waals surface area (Å²) in [6.45, 7) is 4.53. The lowest BCUT2D eigenvalue weighted by Gasteiger charge is -2.28. The zero-order chi connectivity index (χ0) is 8.77. The maximum Gasteiger partial charge on any atom is 0.0576 e. The molecule has 0 aliphatic heterocycles. The minimum atomic E-state index is 0.00491. The number of aliphatic hydroxyl groups is 1. The average molecular weight is 168 g/mol. The second kappa shape index (κ2) is 2.73. The van der Waals surface area contributed by atoms with Gasteiger partial charge in [-0.15, -0.1) is 0 Å². The predicted molar refractivity (Wildman–Crippen MR) is 49.9 cm³/mol. The van der Waals surface area contributed by atoms with E-state index < -0.39 is 0 Å². The van der Waals surface area contributed by atoms with Gasteiger partial charge in [-0.05, 0) is 30.1 Å². The Morgan fingerprint density at radius 2 is 2.00 bits per heavy atom. The summed E-state index contributed by atoms with van der Waals surface area (Å²) in [4.78, 5) is 0. The van der Waals surface area contributed by atoms with Gasteiger partial charge in [0.25, 0.3) is 0 Å². The molecule has 1 nitrogen and oxygen atoms in total. The Morgan fingerprint density at radius 3 is 2.33 bits per heavy atom. The molecule has 2 atom stereocenters. The van der Waals surface area contributed by atoms with Crippen LogP contribution in [-0.4, -0.2) is 11.2 Å². The van der Waals surface area contributed by atoms with Gasteiger partial charge in [0.05, 0.1) is 6.10 Å². The van der Waals surface area contributed by atoms with Crippen LogP contribution in [0.5, 0.6) is 0 Å². The van der Waals surface area contributed by atoms with Crippen molar-refractivity contribution in [3.63, 3.8) is 0 Å². The molecule has 2 fully saturated rings. The highest BCUT2D eigenvalue weighted by Gasteiger charge is 2.50. The molecule has 1 heteroatoms. The van der Waals surface area contributed by atoms with E-state index in [1.807, 2.05) is 0 Å². The molecule has 0 amide bonds. The summed E-state index contributed by atoms with van der Waals surface area (Å²) in [5, 5.41) is 9.86. The highest BCUT2D eigenvalue weighted by molar-refractivity contribution is 4.99. The van der Waals surface area contributed by atoms with Gasteiger partial charge in [-0.2, -0.15) is 0 Å². The topological polar surface area (TPSA) is 20.2 Å². The van der Waals surface area contributed by atoms with E-state index in [1.54, 1.807) is 0 Å². The Bertz CT molecular complexity index is 170. The van der Waals surface area contributed by atoms with Gasteiger partial charge in [0.1, 0.15) is 0 Å². The summed E-state index contributed by atoms with van der Waals surface area (Å²) < 4.78 is 0. The normalized spacial score (nSPS) is 35.8. The zero-order valence-electron chi connectivity index (χ0n) is 8.21. The van der Waals surface area contributed by atoms with Crippen molar-refractivity contribution in [2.24, 2.45) is 17.3 Å². The summed E-state index contributed by atoms with van der Waals surface area (Å²) in [6, 6.07) is 0. The van der Waals surface area contributed by atoms with Gasteiger partial charge in [-0.3, -0.25) is 0 Å². The van der Waals surface area contributed by atoms with Crippen LogP contribution in [0.15, 0.2) is 0 Å². The molecule has 0 bridgehead atoms. The smallest absolute Gasteiger partial charge is 0.0576 e. The Hall–Kier alpha value is -0.0400. The van der Waals surface area contributed by atoms with Crippen molar-refractivity contribution in [2.45, 2.75) is 52.1 Å². The molecule has 2 aliphatic rings. The molecule has 2 saturated carbocycles. The third-order valence-corrected chi connectivity index (χ3v) is 3.85. The molecule has 0 aromatic heterocycles. The lowest BCUT2D eigenvalue weighted by molar-refractivity contribution is 0.0884. The third kappa shape index (κ3) is 1.52. The number of hydrogen-bond acceptors (Lipinski definition) is 1. The molecule has 70 valence electrons. The van der Waals surface area contributed by atoms with E-state index in [0.717, 1.165) is 12.3 Å². The summed E-state index contributed by atoms with van der Waals surface area (Å²) >= 11 is 0. The van der Waals surface area contributed by atoms with Gasteiger partial charge >= 0.3 is 0 Å². The predicted octanol–water partition coefficient (Wildman–Crippen LogP) is 2.58. The van der Waals surface area contributed by atoms with Crippen molar-refractivity contribution >= 4 is 0 Å². The summed E-state index contributed by atoms with van der Waals surface area (Å²) in [5.41, 5.74) is 0.448. The van der Waals surface area contributed by atoms with Crippen LogP contribution < -0.4 is 0 Å². The highest BCUT2D eigenvalue weighted by Crippen LogP contribution is 2.55. The van der Waals surface area contributed by atoms with Crippen molar-refractivity contribution in [1.82, 2.24) is 0 Å². The SMILES string of the molecule is CC1(C)CC1C(O)CC1CCC1. The first-order valence-corrected chi connectivity index (χ1v) is 5.28. The fraction of sp³-hybridized carbons (Fsp3) is 1.00. The summed E-state index contributed by atoms with van der Waals surface area (Å²) in [6.07, 6.45) is 6.44. The maximum atomic E-state index is 9.86. The van der Waals surface area contributed by atoms with Crippen molar-refractivity contribution in [3.05, 3.63) is 0 Å². The molecule has 2 unspecified atom stereocenters. The van der Waals surface area contributed by atoms with E-state index in [-0.39, 0.29) is 6.10 Å². The monoisotopic (exact) mass is 168 g/mol. The standard InChI is InChI=1S/C11H20O/c1-11(2)7-9(11)10(12)6-8-4-3-5-8/h8-10,12H,3-7H2,1-2H3. The Labute approximate surface area is 75.2 Å². The van der Waals surface area contributed by atoms with Gasteiger partial charge in [-0.25, -0.2) is 0 Å². The summed E-state index contributed by atoms with van der Waals surface area (Å²) in [7, 11) is 0. The second-order valence-electron chi connectivity index (χ2n) is 5.40. The van der Waals surface area contributed by atoms with Crippen LogP contribution in [0.1, 0.15) is 46.0 Å². The molecule has 0 aromatic carbocycles. The second-order valence-corrected chi connectivity index (χ2v) is 5.40. The molecule has 0 saturated heterocycles. The van der Waals surface area contributed by atoms with Crippen LogP contribution >= 0.6 is 0 Å². The van der Waals surface area contributed by atoms with Crippen molar-refractivity contribution in [1.29, 1.82) is 0 Å². The van der Waals surface area contributed by atoms with Crippen LogP contribution in [-0.2, 0) is 0 Å². The average Bonchev–Trinajstić information content (AvgIpc) is 2.50. The first kappa shape index (κ1) is 8.55. The van der Waals surface area contributed by atoms with Gasteiger partial charge in [0.2, 0.25) is 0 Å². The minimum absolute atomic E-state index is 0.00491. The Balaban J connectivity index is 1.74. The quantitative estimate of drug-likeness (QED) is 0.686. The molecule has 0 aromatic rings. The molecule has 1 N–H and O–H groups in total. The fourth-order valence-corrected chi connectivity index (χ4v) is 2.40. The first-order chi connectivity index (χ1) is 5.59. The van der Waals surface area contributed by atoms with Crippen LogP contribution in [0.2, 0.25) is 0 Å². The number of aliphatic hydroxyl groups excluding tert-OH is 1. The first-order valence-electron chi connectivity index (χ1n) is 5.28. The van der Waals surface area contributed by atoms with Crippen molar-refractivity contribution in [3.8, 4) is 0 Å². The summed E-state index contributed by atoms with van der Waals surface area (Å²) in [5.74, 6) is 1.47. The van der Waals surface area contributed by atoms with Gasteiger partial charge in [0, 0.05) is 0 Å². The highest BCUT2D eigenvalue weighted by atomic mass is 16.3. The van der Waals surface area contributed by atoms with Crippen LogP contribution in [0.4, 0.5) is 0 Å². The Morgan fingerprint density at radius 1 is 1.42 bits per heavy atom. The molecule has 2 rings (SSSR count).